The van der Waals surface area contributed by atoms with Crippen LogP contribution in [-0.4, -0.2) is 36.9 Å². The predicted octanol–water partition coefficient (Wildman–Crippen LogP) is 3.31. The average Bonchev–Trinajstić information content (AvgIpc) is 3.31. The lowest BCUT2D eigenvalue weighted by atomic mass is 10.1. The summed E-state index contributed by atoms with van der Waals surface area (Å²) in [5.74, 6) is -1.27. The van der Waals surface area contributed by atoms with E-state index in [0.29, 0.717) is 17.7 Å². The topological polar surface area (TPSA) is 105 Å². The van der Waals surface area contributed by atoms with Crippen molar-refractivity contribution in [2.75, 3.05) is 23.3 Å². The fourth-order valence-corrected chi connectivity index (χ4v) is 3.72. The first-order valence-electron chi connectivity index (χ1n) is 10.8. The minimum absolute atomic E-state index is 0.251. The van der Waals surface area contributed by atoms with Gasteiger partial charge in [-0.2, -0.15) is 0 Å². The van der Waals surface area contributed by atoms with Gasteiger partial charge in [-0.1, -0.05) is 31.9 Å². The molecule has 1 aliphatic rings. The van der Waals surface area contributed by atoms with Gasteiger partial charge in [0.1, 0.15) is 6.04 Å². The van der Waals surface area contributed by atoms with Gasteiger partial charge in [-0.25, -0.2) is 0 Å². The van der Waals surface area contributed by atoms with Crippen LogP contribution in [0.4, 0.5) is 11.4 Å². The number of amides is 3. The summed E-state index contributed by atoms with van der Waals surface area (Å²) >= 11 is 0. The lowest BCUT2D eigenvalue weighted by molar-refractivity contribution is -0.118. The van der Waals surface area contributed by atoms with Crippen molar-refractivity contribution in [1.82, 2.24) is 5.32 Å². The van der Waals surface area contributed by atoms with Gasteiger partial charge < -0.3 is 21.3 Å². The van der Waals surface area contributed by atoms with Crippen LogP contribution in [0.1, 0.15) is 59.7 Å². The standard InChI is InChI=1S/C24H30N4O3/c1-2-3-12-21(27-23(30)18-9-6-8-17(15-18)22(25)29)24(31)26-19-10-7-11-20(16-19)28-13-4-5-14-28/h6-11,15-16,21H,2-5,12-14H2,1H3,(H2,25,29)(H,26,31)(H,27,30). The third-order valence-corrected chi connectivity index (χ3v) is 5.46. The summed E-state index contributed by atoms with van der Waals surface area (Å²) in [7, 11) is 0. The number of unbranched alkanes of at least 4 members (excludes halogenated alkanes) is 1. The second-order valence-electron chi connectivity index (χ2n) is 7.85. The molecule has 1 heterocycles. The van der Waals surface area contributed by atoms with Crippen molar-refractivity contribution in [1.29, 1.82) is 0 Å². The zero-order valence-electron chi connectivity index (χ0n) is 17.9. The first kappa shape index (κ1) is 22.3. The van der Waals surface area contributed by atoms with Crippen LogP contribution in [-0.2, 0) is 4.79 Å². The van der Waals surface area contributed by atoms with Gasteiger partial charge in [0.15, 0.2) is 0 Å². The number of carbonyl (C=O) groups excluding carboxylic acids is 3. The van der Waals surface area contributed by atoms with Gasteiger partial charge in [0, 0.05) is 35.6 Å². The van der Waals surface area contributed by atoms with Gasteiger partial charge in [0.2, 0.25) is 11.8 Å². The minimum atomic E-state index is -0.680. The van der Waals surface area contributed by atoms with Crippen molar-refractivity contribution in [2.24, 2.45) is 5.73 Å². The SMILES string of the molecule is CCCCC(NC(=O)c1cccc(C(N)=O)c1)C(=O)Nc1cccc(N2CCCC2)c1. The largest absolute Gasteiger partial charge is 0.371 e. The molecular formula is C24H30N4O3. The van der Waals surface area contributed by atoms with E-state index >= 15 is 0 Å². The van der Waals surface area contributed by atoms with E-state index in [4.69, 9.17) is 5.73 Å². The zero-order chi connectivity index (χ0) is 22.2. The van der Waals surface area contributed by atoms with Gasteiger partial charge >= 0.3 is 0 Å². The highest BCUT2D eigenvalue weighted by Crippen LogP contribution is 2.23. The summed E-state index contributed by atoms with van der Waals surface area (Å²) in [6, 6.07) is 13.3. The number of nitrogens with one attached hydrogen (secondary N) is 2. The molecule has 1 aliphatic heterocycles. The summed E-state index contributed by atoms with van der Waals surface area (Å²) in [6.07, 6.45) is 4.58. The molecule has 2 aromatic carbocycles. The van der Waals surface area contributed by atoms with Crippen LogP contribution in [0.3, 0.4) is 0 Å². The van der Waals surface area contributed by atoms with Crippen LogP contribution in [0, 0.1) is 0 Å². The van der Waals surface area contributed by atoms with E-state index in [-0.39, 0.29) is 11.5 Å². The van der Waals surface area contributed by atoms with Crippen LogP contribution in [0.5, 0.6) is 0 Å². The van der Waals surface area contributed by atoms with E-state index in [1.807, 2.05) is 31.2 Å². The summed E-state index contributed by atoms with van der Waals surface area (Å²) in [6.45, 7) is 4.08. The first-order chi connectivity index (χ1) is 15.0. The number of benzene rings is 2. The predicted molar refractivity (Wildman–Crippen MR) is 122 cm³/mol. The molecule has 0 aliphatic carbocycles. The Labute approximate surface area is 183 Å². The molecule has 1 saturated heterocycles. The van der Waals surface area contributed by atoms with Gasteiger partial charge in [-0.15, -0.1) is 0 Å². The number of anilines is 2. The molecule has 0 radical (unpaired) electrons. The second kappa shape index (κ2) is 10.6. The highest BCUT2D eigenvalue weighted by atomic mass is 16.2. The van der Waals surface area contributed by atoms with Gasteiger partial charge in [0.25, 0.3) is 5.91 Å². The summed E-state index contributed by atoms with van der Waals surface area (Å²) < 4.78 is 0. The molecule has 0 aromatic heterocycles. The van der Waals surface area contributed by atoms with Crippen molar-refractivity contribution in [3.63, 3.8) is 0 Å². The maximum Gasteiger partial charge on any atom is 0.251 e. The molecule has 7 heteroatoms. The van der Waals surface area contributed by atoms with Crippen molar-refractivity contribution >= 4 is 29.1 Å². The number of nitrogens with zero attached hydrogens (tertiary/aromatic N) is 1. The van der Waals surface area contributed by atoms with Gasteiger partial charge in [-0.3, -0.25) is 14.4 Å². The summed E-state index contributed by atoms with van der Waals surface area (Å²) in [5, 5.41) is 5.76. The Bertz CT molecular complexity index is 938. The number of primary amides is 1. The second-order valence-corrected chi connectivity index (χ2v) is 7.85. The summed E-state index contributed by atoms with van der Waals surface area (Å²) in [4.78, 5) is 39.4. The van der Waals surface area contributed by atoms with Crippen molar-refractivity contribution < 1.29 is 14.4 Å². The number of nitrogens with two attached hydrogens (primary N) is 1. The van der Waals surface area contributed by atoms with Gasteiger partial charge in [-0.05, 0) is 55.7 Å². The average molecular weight is 423 g/mol. The Morgan fingerprint density at radius 3 is 2.45 bits per heavy atom. The van der Waals surface area contributed by atoms with Gasteiger partial charge in [0.05, 0.1) is 0 Å². The van der Waals surface area contributed by atoms with Crippen LogP contribution >= 0.6 is 0 Å². The van der Waals surface area contributed by atoms with Crippen molar-refractivity contribution in [2.45, 2.75) is 45.1 Å². The molecular weight excluding hydrogens is 392 g/mol. The molecule has 1 fully saturated rings. The van der Waals surface area contributed by atoms with Crippen molar-refractivity contribution in [3.8, 4) is 0 Å². The molecule has 1 unspecified atom stereocenters. The fraction of sp³-hybridized carbons (Fsp3) is 0.375. The van der Waals surface area contributed by atoms with E-state index in [9.17, 15) is 14.4 Å². The monoisotopic (exact) mass is 422 g/mol. The Hall–Kier alpha value is -3.35. The lowest BCUT2D eigenvalue weighted by Gasteiger charge is -2.21. The van der Waals surface area contributed by atoms with E-state index in [1.54, 1.807) is 18.2 Å². The maximum absolute atomic E-state index is 13.0. The molecule has 2 aromatic rings. The quantitative estimate of drug-likeness (QED) is 0.577. The fourth-order valence-electron chi connectivity index (χ4n) is 3.72. The van der Waals surface area contributed by atoms with Crippen molar-refractivity contribution in [3.05, 3.63) is 59.7 Å². The van der Waals surface area contributed by atoms with Crippen LogP contribution in [0.15, 0.2) is 48.5 Å². The summed E-state index contributed by atoms with van der Waals surface area (Å²) in [5.41, 5.74) is 7.65. The molecule has 3 amide bonds. The smallest absolute Gasteiger partial charge is 0.251 e. The Balaban J connectivity index is 1.70. The molecule has 0 saturated carbocycles. The molecule has 1 atom stereocenters. The van der Waals surface area contributed by atoms with E-state index in [2.05, 4.69) is 15.5 Å². The van der Waals surface area contributed by atoms with Crippen LogP contribution < -0.4 is 21.3 Å². The van der Waals surface area contributed by atoms with Crippen LogP contribution in [0.25, 0.3) is 0 Å². The Kier molecular flexibility index (Phi) is 7.65. The first-order valence-corrected chi connectivity index (χ1v) is 10.8. The molecule has 4 N–H and O–H groups in total. The van der Waals surface area contributed by atoms with E-state index < -0.39 is 17.9 Å². The lowest BCUT2D eigenvalue weighted by Crippen LogP contribution is -2.43. The molecule has 3 rings (SSSR count). The molecule has 0 bridgehead atoms. The number of hydrogen-bond acceptors (Lipinski definition) is 4. The zero-order valence-corrected chi connectivity index (χ0v) is 17.9. The highest BCUT2D eigenvalue weighted by molar-refractivity contribution is 6.02. The molecule has 164 valence electrons. The highest BCUT2D eigenvalue weighted by Gasteiger charge is 2.22. The number of rotatable bonds is 9. The minimum Gasteiger partial charge on any atom is -0.371 e. The Morgan fingerprint density at radius 2 is 1.74 bits per heavy atom. The molecule has 31 heavy (non-hydrogen) atoms. The third kappa shape index (κ3) is 6.07. The molecule has 0 spiro atoms. The number of carbonyl (C=O) groups is 3. The third-order valence-electron chi connectivity index (χ3n) is 5.46. The molecule has 7 nitrogen and oxygen atoms in total. The van der Waals surface area contributed by atoms with E-state index in [1.165, 1.54) is 18.9 Å². The van der Waals surface area contributed by atoms with E-state index in [0.717, 1.165) is 31.6 Å². The normalized spacial score (nSPS) is 14.2. The Morgan fingerprint density at radius 1 is 1.03 bits per heavy atom. The van der Waals surface area contributed by atoms with Crippen LogP contribution in [0.2, 0.25) is 0 Å². The number of hydrogen-bond donors (Lipinski definition) is 3. The maximum atomic E-state index is 13.0.